The van der Waals surface area contributed by atoms with Crippen LogP contribution in [0.1, 0.15) is 15.9 Å². The molecule has 0 aliphatic rings. The first kappa shape index (κ1) is 22.9. The number of ether oxygens (including phenoxy) is 2. The first-order chi connectivity index (χ1) is 16.4. The number of carbonyl (C=O) groups excluding carboxylic acids is 1. The summed E-state index contributed by atoms with van der Waals surface area (Å²) in [6.45, 7) is 2.00. The minimum Gasteiger partial charge on any atom is -0.493 e. The lowest BCUT2D eigenvalue weighted by Gasteiger charge is -2.15. The average Bonchev–Trinajstić information content (AvgIpc) is 2.85. The van der Waals surface area contributed by atoms with Gasteiger partial charge in [0.25, 0.3) is 5.91 Å². The third-order valence-corrected chi connectivity index (χ3v) is 5.58. The van der Waals surface area contributed by atoms with Gasteiger partial charge < -0.3 is 25.0 Å². The van der Waals surface area contributed by atoms with Gasteiger partial charge in [-0.05, 0) is 61.0 Å². The van der Waals surface area contributed by atoms with Crippen LogP contribution in [0.3, 0.4) is 0 Å². The molecule has 0 unspecified atom stereocenters. The van der Waals surface area contributed by atoms with Crippen molar-refractivity contribution in [3.8, 4) is 11.5 Å². The monoisotopic (exact) mass is 456 g/mol. The van der Waals surface area contributed by atoms with Gasteiger partial charge in [0, 0.05) is 48.2 Å². The Morgan fingerprint density at radius 2 is 1.68 bits per heavy atom. The van der Waals surface area contributed by atoms with Crippen LogP contribution in [0, 0.1) is 6.92 Å². The third kappa shape index (κ3) is 4.88. The van der Waals surface area contributed by atoms with E-state index in [-0.39, 0.29) is 5.91 Å². The van der Waals surface area contributed by atoms with E-state index in [9.17, 15) is 4.79 Å². The van der Waals surface area contributed by atoms with Crippen LogP contribution in [-0.4, -0.2) is 39.2 Å². The minimum absolute atomic E-state index is 0.164. The Morgan fingerprint density at radius 1 is 0.912 bits per heavy atom. The maximum absolute atomic E-state index is 12.8. The fraction of sp³-hybridized carbons (Fsp3) is 0.185. The summed E-state index contributed by atoms with van der Waals surface area (Å²) in [6, 6.07) is 20.9. The van der Waals surface area contributed by atoms with Crippen LogP contribution in [0.5, 0.6) is 11.5 Å². The second-order valence-corrected chi connectivity index (χ2v) is 8.15. The number of aromatic nitrogens is 1. The van der Waals surface area contributed by atoms with Crippen LogP contribution >= 0.6 is 0 Å². The van der Waals surface area contributed by atoms with Crippen molar-refractivity contribution in [3.05, 3.63) is 77.9 Å². The van der Waals surface area contributed by atoms with E-state index in [4.69, 9.17) is 14.5 Å². The number of nitrogens with zero attached hydrogens (tertiary/aromatic N) is 2. The molecule has 0 radical (unpaired) electrons. The lowest BCUT2D eigenvalue weighted by Crippen LogP contribution is -2.14. The number of carbonyl (C=O) groups is 1. The minimum atomic E-state index is -0.164. The van der Waals surface area contributed by atoms with E-state index in [0.29, 0.717) is 28.6 Å². The summed E-state index contributed by atoms with van der Waals surface area (Å²) >= 11 is 0. The molecule has 0 saturated carbocycles. The molecular formula is C27H28N4O3. The highest BCUT2D eigenvalue weighted by atomic mass is 16.5. The van der Waals surface area contributed by atoms with Gasteiger partial charge in [-0.3, -0.25) is 4.79 Å². The van der Waals surface area contributed by atoms with Crippen LogP contribution in [0.15, 0.2) is 66.7 Å². The van der Waals surface area contributed by atoms with Crippen molar-refractivity contribution in [2.75, 3.05) is 43.8 Å². The summed E-state index contributed by atoms with van der Waals surface area (Å²) in [5.41, 5.74) is 4.93. The van der Waals surface area contributed by atoms with E-state index in [1.165, 1.54) is 0 Å². The highest BCUT2D eigenvalue weighted by molar-refractivity contribution is 6.05. The lowest BCUT2D eigenvalue weighted by atomic mass is 10.1. The molecule has 0 aliphatic heterocycles. The smallest absolute Gasteiger partial charge is 0.255 e. The van der Waals surface area contributed by atoms with Crippen LogP contribution < -0.4 is 25.0 Å². The van der Waals surface area contributed by atoms with Crippen molar-refractivity contribution in [2.45, 2.75) is 6.92 Å². The normalized spacial score (nSPS) is 10.6. The molecule has 0 fully saturated rings. The van der Waals surface area contributed by atoms with Gasteiger partial charge in [-0.1, -0.05) is 12.1 Å². The highest BCUT2D eigenvalue weighted by Crippen LogP contribution is 2.32. The van der Waals surface area contributed by atoms with Crippen LogP contribution in [0.2, 0.25) is 0 Å². The SMILES string of the molecule is COc1cc2ccc(Nc3cc(NC(=O)c4cccc(N(C)C)c4)ccc3C)nc2cc1OC. The van der Waals surface area contributed by atoms with E-state index < -0.39 is 0 Å². The predicted molar refractivity (Wildman–Crippen MR) is 138 cm³/mol. The predicted octanol–water partition coefficient (Wildman–Crippen LogP) is 5.62. The second-order valence-electron chi connectivity index (χ2n) is 8.15. The second kappa shape index (κ2) is 9.70. The molecular weight excluding hydrogens is 428 g/mol. The third-order valence-electron chi connectivity index (χ3n) is 5.58. The molecule has 4 aromatic rings. The first-order valence-corrected chi connectivity index (χ1v) is 10.9. The van der Waals surface area contributed by atoms with Gasteiger partial charge in [-0.25, -0.2) is 4.98 Å². The molecule has 0 saturated heterocycles. The van der Waals surface area contributed by atoms with Crippen LogP contribution in [0.4, 0.5) is 22.9 Å². The van der Waals surface area contributed by atoms with E-state index >= 15 is 0 Å². The fourth-order valence-electron chi connectivity index (χ4n) is 3.62. The number of aryl methyl sites for hydroxylation is 1. The molecule has 0 aliphatic carbocycles. The zero-order valence-corrected chi connectivity index (χ0v) is 20.0. The molecule has 3 aromatic carbocycles. The summed E-state index contributed by atoms with van der Waals surface area (Å²) in [6.07, 6.45) is 0. The summed E-state index contributed by atoms with van der Waals surface area (Å²) < 4.78 is 10.8. The van der Waals surface area contributed by atoms with Gasteiger partial charge in [0.15, 0.2) is 11.5 Å². The average molecular weight is 457 g/mol. The maximum Gasteiger partial charge on any atom is 0.255 e. The standard InChI is InChI=1S/C27H28N4O3/c1-17-9-11-20(28-27(32)19-7-6-8-21(13-19)31(2)3)15-22(17)29-26-12-10-18-14-24(33-4)25(34-5)16-23(18)30-26/h6-16H,1-5H3,(H,28,32)(H,29,30). The van der Waals surface area contributed by atoms with E-state index in [1.807, 2.05) is 86.6 Å². The molecule has 1 aromatic heterocycles. The van der Waals surface area contributed by atoms with Crippen molar-refractivity contribution >= 4 is 39.7 Å². The number of rotatable bonds is 7. The highest BCUT2D eigenvalue weighted by Gasteiger charge is 2.11. The largest absolute Gasteiger partial charge is 0.493 e. The van der Waals surface area contributed by atoms with Crippen molar-refractivity contribution in [2.24, 2.45) is 0 Å². The molecule has 1 amide bonds. The summed E-state index contributed by atoms with van der Waals surface area (Å²) in [5.74, 6) is 1.81. The van der Waals surface area contributed by atoms with Gasteiger partial charge >= 0.3 is 0 Å². The molecule has 0 spiro atoms. The topological polar surface area (TPSA) is 75.7 Å². The summed E-state index contributed by atoms with van der Waals surface area (Å²) in [5, 5.41) is 7.30. The number of hydrogen-bond donors (Lipinski definition) is 2. The first-order valence-electron chi connectivity index (χ1n) is 10.9. The lowest BCUT2D eigenvalue weighted by molar-refractivity contribution is 0.102. The van der Waals surface area contributed by atoms with E-state index in [1.54, 1.807) is 20.3 Å². The van der Waals surface area contributed by atoms with Crippen molar-refractivity contribution in [1.29, 1.82) is 0 Å². The van der Waals surface area contributed by atoms with Gasteiger partial charge in [0.1, 0.15) is 5.82 Å². The zero-order valence-electron chi connectivity index (χ0n) is 20.0. The summed E-state index contributed by atoms with van der Waals surface area (Å²) in [7, 11) is 7.11. The van der Waals surface area contributed by atoms with Gasteiger partial charge in [-0.2, -0.15) is 0 Å². The number of anilines is 4. The molecule has 0 atom stereocenters. The molecule has 1 heterocycles. The Kier molecular flexibility index (Phi) is 6.54. The maximum atomic E-state index is 12.8. The van der Waals surface area contributed by atoms with Crippen molar-refractivity contribution < 1.29 is 14.3 Å². The molecule has 0 bridgehead atoms. The number of hydrogen-bond acceptors (Lipinski definition) is 6. The van der Waals surface area contributed by atoms with Gasteiger partial charge in [0.2, 0.25) is 0 Å². The quantitative estimate of drug-likeness (QED) is 0.376. The van der Waals surface area contributed by atoms with Gasteiger partial charge in [0.05, 0.1) is 19.7 Å². The molecule has 174 valence electrons. The van der Waals surface area contributed by atoms with Crippen LogP contribution in [-0.2, 0) is 0 Å². The number of pyridine rings is 1. The number of nitrogens with one attached hydrogen (secondary N) is 2. The van der Waals surface area contributed by atoms with E-state index in [0.717, 1.165) is 27.8 Å². The Balaban J connectivity index is 1.57. The van der Waals surface area contributed by atoms with Gasteiger partial charge in [-0.15, -0.1) is 0 Å². The molecule has 7 nitrogen and oxygen atoms in total. The number of benzene rings is 3. The number of fused-ring (bicyclic) bond motifs is 1. The Bertz CT molecular complexity index is 1350. The van der Waals surface area contributed by atoms with Crippen molar-refractivity contribution in [1.82, 2.24) is 4.98 Å². The van der Waals surface area contributed by atoms with Crippen molar-refractivity contribution in [3.63, 3.8) is 0 Å². The molecule has 2 N–H and O–H groups in total. The zero-order chi connectivity index (χ0) is 24.2. The fourth-order valence-corrected chi connectivity index (χ4v) is 3.62. The molecule has 4 rings (SSSR count). The Labute approximate surface area is 199 Å². The Hall–Kier alpha value is -4.26. The Morgan fingerprint density at radius 3 is 2.41 bits per heavy atom. The van der Waals surface area contributed by atoms with Crippen LogP contribution in [0.25, 0.3) is 10.9 Å². The number of amides is 1. The number of methoxy groups -OCH3 is 2. The summed E-state index contributed by atoms with van der Waals surface area (Å²) in [4.78, 5) is 19.5. The molecule has 7 heteroatoms. The van der Waals surface area contributed by atoms with E-state index in [2.05, 4.69) is 10.6 Å². The molecule has 34 heavy (non-hydrogen) atoms.